The molecular weight excluding hydrogens is 350 g/mol. The molecule has 6 heteroatoms. The third kappa shape index (κ3) is 3.67. The van der Waals surface area contributed by atoms with Crippen LogP contribution in [0, 0.1) is 13.8 Å². The summed E-state index contributed by atoms with van der Waals surface area (Å²) < 4.78 is 1.93. The van der Waals surface area contributed by atoms with Crippen LogP contribution in [0.25, 0.3) is 5.69 Å². The van der Waals surface area contributed by atoms with E-state index in [1.54, 1.807) is 12.5 Å². The highest BCUT2D eigenvalue weighted by Crippen LogP contribution is 2.26. The van der Waals surface area contributed by atoms with Crippen LogP contribution in [0.4, 0.5) is 0 Å². The summed E-state index contributed by atoms with van der Waals surface area (Å²) in [6.45, 7) is 5.55. The molecule has 1 aliphatic heterocycles. The van der Waals surface area contributed by atoms with Crippen molar-refractivity contribution in [2.45, 2.75) is 39.0 Å². The number of carbonyl (C=O) groups excluding carboxylic acids is 1. The van der Waals surface area contributed by atoms with Crippen LogP contribution in [-0.4, -0.2) is 43.6 Å². The Balaban J connectivity index is 1.50. The van der Waals surface area contributed by atoms with Crippen molar-refractivity contribution in [2.24, 2.45) is 0 Å². The average Bonchev–Trinajstić information content (AvgIpc) is 3.03. The smallest absolute Gasteiger partial charge is 0.227 e. The molecule has 1 aromatic carbocycles. The highest BCUT2D eigenvalue weighted by atomic mass is 16.2. The molecule has 0 bridgehead atoms. The zero-order chi connectivity index (χ0) is 19.5. The molecule has 0 aliphatic carbocycles. The summed E-state index contributed by atoms with van der Waals surface area (Å²) in [4.78, 5) is 23.4. The molecule has 0 radical (unpaired) electrons. The first-order valence-corrected chi connectivity index (χ1v) is 9.77. The Morgan fingerprint density at radius 3 is 2.75 bits per heavy atom. The first kappa shape index (κ1) is 18.3. The third-order valence-corrected chi connectivity index (χ3v) is 5.57. The summed E-state index contributed by atoms with van der Waals surface area (Å²) in [5.74, 6) is 0.451. The number of para-hydroxylation sites is 1. The number of benzene rings is 1. The number of hydrogen-bond acceptors (Lipinski definition) is 4. The maximum Gasteiger partial charge on any atom is 0.227 e. The van der Waals surface area contributed by atoms with Crippen molar-refractivity contribution in [1.29, 1.82) is 0 Å². The van der Waals surface area contributed by atoms with Gasteiger partial charge in [0.25, 0.3) is 0 Å². The Bertz CT molecular complexity index is 952. The van der Waals surface area contributed by atoms with E-state index < -0.39 is 0 Å². The highest BCUT2D eigenvalue weighted by Gasteiger charge is 2.27. The predicted molar refractivity (Wildman–Crippen MR) is 107 cm³/mol. The molecule has 6 nitrogen and oxygen atoms in total. The molecule has 4 rings (SSSR count). The lowest BCUT2D eigenvalue weighted by Crippen LogP contribution is -2.40. The molecule has 3 aromatic rings. The van der Waals surface area contributed by atoms with Crippen LogP contribution in [0.2, 0.25) is 0 Å². The van der Waals surface area contributed by atoms with Gasteiger partial charge in [-0.1, -0.05) is 18.2 Å². The monoisotopic (exact) mass is 375 g/mol. The van der Waals surface area contributed by atoms with Crippen molar-refractivity contribution in [3.05, 3.63) is 71.6 Å². The average molecular weight is 375 g/mol. The van der Waals surface area contributed by atoms with Crippen LogP contribution in [0.1, 0.15) is 41.4 Å². The molecule has 1 amide bonds. The molecule has 28 heavy (non-hydrogen) atoms. The Morgan fingerprint density at radius 1 is 1.18 bits per heavy atom. The second-order valence-corrected chi connectivity index (χ2v) is 7.39. The topological polar surface area (TPSA) is 63.9 Å². The number of likely N-dealkylation sites (tertiary alicyclic amines) is 1. The molecule has 1 unspecified atom stereocenters. The fourth-order valence-electron chi connectivity index (χ4n) is 4.00. The fourth-order valence-corrected chi connectivity index (χ4v) is 4.00. The molecular formula is C22H25N5O. The van der Waals surface area contributed by atoms with Crippen molar-refractivity contribution in [3.63, 3.8) is 0 Å². The molecule has 0 saturated carbocycles. The van der Waals surface area contributed by atoms with E-state index in [0.29, 0.717) is 6.42 Å². The Hall–Kier alpha value is -3.02. The fraction of sp³-hybridized carbons (Fsp3) is 0.364. The summed E-state index contributed by atoms with van der Waals surface area (Å²) in [6, 6.07) is 12.0. The zero-order valence-electron chi connectivity index (χ0n) is 16.4. The maximum atomic E-state index is 13.1. The Morgan fingerprint density at radius 2 is 2.00 bits per heavy atom. The highest BCUT2D eigenvalue weighted by molar-refractivity contribution is 5.79. The number of amides is 1. The van der Waals surface area contributed by atoms with Gasteiger partial charge in [0.1, 0.15) is 6.33 Å². The van der Waals surface area contributed by atoms with E-state index in [2.05, 4.69) is 15.1 Å². The quantitative estimate of drug-likeness (QED) is 0.702. The molecule has 144 valence electrons. The summed E-state index contributed by atoms with van der Waals surface area (Å²) >= 11 is 0. The van der Waals surface area contributed by atoms with Crippen molar-refractivity contribution in [1.82, 2.24) is 24.6 Å². The second kappa shape index (κ2) is 7.92. The molecule has 1 fully saturated rings. The Labute approximate surface area is 165 Å². The molecule has 2 aromatic heterocycles. The van der Waals surface area contributed by atoms with Gasteiger partial charge in [0.15, 0.2) is 0 Å². The van der Waals surface area contributed by atoms with Gasteiger partial charge in [-0.25, -0.2) is 14.6 Å². The SMILES string of the molecule is Cc1nn(-c2ccccc2)c(C)c1CC(=O)N1CCCC(c2ccncn2)C1. The van der Waals surface area contributed by atoms with Crippen molar-refractivity contribution < 1.29 is 4.79 Å². The zero-order valence-corrected chi connectivity index (χ0v) is 16.4. The normalized spacial score (nSPS) is 16.9. The van der Waals surface area contributed by atoms with E-state index in [0.717, 1.165) is 54.3 Å². The first-order valence-electron chi connectivity index (χ1n) is 9.77. The van der Waals surface area contributed by atoms with Crippen LogP contribution in [0.5, 0.6) is 0 Å². The largest absolute Gasteiger partial charge is 0.342 e. The van der Waals surface area contributed by atoms with Gasteiger partial charge in [0, 0.05) is 42.2 Å². The van der Waals surface area contributed by atoms with E-state index >= 15 is 0 Å². The summed E-state index contributed by atoms with van der Waals surface area (Å²) in [5.41, 5.74) is 5.01. The van der Waals surface area contributed by atoms with Crippen LogP contribution >= 0.6 is 0 Å². The van der Waals surface area contributed by atoms with Gasteiger partial charge in [-0.3, -0.25) is 4.79 Å². The summed E-state index contributed by atoms with van der Waals surface area (Å²) in [5, 5.41) is 4.67. The number of rotatable bonds is 4. The minimum Gasteiger partial charge on any atom is -0.342 e. The maximum absolute atomic E-state index is 13.1. The Kier molecular flexibility index (Phi) is 5.19. The van der Waals surface area contributed by atoms with Crippen molar-refractivity contribution in [3.8, 4) is 5.69 Å². The van der Waals surface area contributed by atoms with Gasteiger partial charge in [0.2, 0.25) is 5.91 Å². The van der Waals surface area contributed by atoms with E-state index in [9.17, 15) is 4.79 Å². The number of carbonyl (C=O) groups is 1. The molecule has 3 heterocycles. The van der Waals surface area contributed by atoms with Crippen LogP contribution < -0.4 is 0 Å². The second-order valence-electron chi connectivity index (χ2n) is 7.39. The number of nitrogens with zero attached hydrogens (tertiary/aromatic N) is 5. The van der Waals surface area contributed by atoms with Crippen LogP contribution in [-0.2, 0) is 11.2 Å². The first-order chi connectivity index (χ1) is 13.6. The van der Waals surface area contributed by atoms with Crippen molar-refractivity contribution >= 4 is 5.91 Å². The van der Waals surface area contributed by atoms with Gasteiger partial charge >= 0.3 is 0 Å². The minimum atomic E-state index is 0.164. The molecule has 0 N–H and O–H groups in total. The lowest BCUT2D eigenvalue weighted by molar-refractivity contribution is -0.131. The molecule has 1 atom stereocenters. The van der Waals surface area contributed by atoms with Gasteiger partial charge in [-0.2, -0.15) is 5.10 Å². The summed E-state index contributed by atoms with van der Waals surface area (Å²) in [6.07, 6.45) is 5.81. The summed E-state index contributed by atoms with van der Waals surface area (Å²) in [7, 11) is 0. The number of aryl methyl sites for hydroxylation is 1. The lowest BCUT2D eigenvalue weighted by atomic mass is 9.94. The van der Waals surface area contributed by atoms with Gasteiger partial charge in [-0.15, -0.1) is 0 Å². The van der Waals surface area contributed by atoms with Gasteiger partial charge < -0.3 is 4.90 Å². The van der Waals surface area contributed by atoms with E-state index in [1.165, 1.54) is 0 Å². The molecule has 1 aliphatic rings. The van der Waals surface area contributed by atoms with E-state index in [4.69, 9.17) is 0 Å². The van der Waals surface area contributed by atoms with Crippen molar-refractivity contribution in [2.75, 3.05) is 13.1 Å². The number of piperidine rings is 1. The predicted octanol–water partition coefficient (Wildman–Crippen LogP) is 3.23. The van der Waals surface area contributed by atoms with Crippen LogP contribution in [0.15, 0.2) is 48.9 Å². The standard InChI is InChI=1S/C22H25N5O/c1-16-20(17(2)27(25-16)19-8-4-3-5-9-19)13-22(28)26-12-6-7-18(14-26)21-10-11-23-15-24-21/h3-5,8-11,15,18H,6-7,12-14H2,1-2H3. The third-order valence-electron chi connectivity index (χ3n) is 5.57. The van der Waals surface area contributed by atoms with E-state index in [1.807, 2.05) is 59.8 Å². The van der Waals surface area contributed by atoms with Gasteiger partial charge in [0.05, 0.1) is 17.8 Å². The minimum absolute atomic E-state index is 0.164. The van der Waals surface area contributed by atoms with Gasteiger partial charge in [-0.05, 0) is 44.9 Å². The molecule has 1 saturated heterocycles. The number of aromatic nitrogens is 4. The van der Waals surface area contributed by atoms with E-state index in [-0.39, 0.29) is 11.8 Å². The molecule has 0 spiro atoms. The number of hydrogen-bond donors (Lipinski definition) is 0. The lowest BCUT2D eigenvalue weighted by Gasteiger charge is -2.32. The van der Waals surface area contributed by atoms with Crippen LogP contribution in [0.3, 0.4) is 0 Å².